The predicted molar refractivity (Wildman–Crippen MR) is 84.4 cm³/mol. The first-order valence-electron chi connectivity index (χ1n) is 6.86. The van der Waals surface area contributed by atoms with E-state index < -0.39 is 0 Å². The largest absolute Gasteiger partial charge is 0.494 e. The van der Waals surface area contributed by atoms with Crippen LogP contribution < -0.4 is 15.4 Å². The Morgan fingerprint density at radius 1 is 1.21 bits per heavy atom. The molecule has 4 heteroatoms. The van der Waals surface area contributed by atoms with Gasteiger partial charge in [-0.05, 0) is 56.8 Å². The molecule has 0 aliphatic carbocycles. The lowest BCUT2D eigenvalue weighted by atomic mass is 10.0. The van der Waals surface area contributed by atoms with Crippen molar-refractivity contribution in [2.45, 2.75) is 39.7 Å². The molecule has 1 aliphatic rings. The lowest BCUT2D eigenvalue weighted by Crippen LogP contribution is -2.38. The van der Waals surface area contributed by atoms with Crippen LogP contribution in [0.5, 0.6) is 5.75 Å². The molecule has 1 saturated heterocycles. The van der Waals surface area contributed by atoms with E-state index in [9.17, 15) is 0 Å². The Kier molecular flexibility index (Phi) is 4.74. The van der Waals surface area contributed by atoms with Crippen LogP contribution in [0.25, 0.3) is 0 Å². The molecule has 1 aromatic rings. The van der Waals surface area contributed by atoms with Gasteiger partial charge in [0.1, 0.15) is 5.75 Å². The lowest BCUT2D eigenvalue weighted by Gasteiger charge is -2.28. The second-order valence-electron chi connectivity index (χ2n) is 5.28. The van der Waals surface area contributed by atoms with E-state index in [1.54, 1.807) is 7.11 Å². The van der Waals surface area contributed by atoms with Gasteiger partial charge in [0.25, 0.3) is 0 Å². The van der Waals surface area contributed by atoms with E-state index in [2.05, 4.69) is 47.3 Å². The number of benzene rings is 1. The Hall–Kier alpha value is -0.740. The molecule has 19 heavy (non-hydrogen) atoms. The van der Waals surface area contributed by atoms with Crippen LogP contribution in [0.3, 0.4) is 0 Å². The van der Waals surface area contributed by atoms with Crippen molar-refractivity contribution < 1.29 is 4.74 Å². The van der Waals surface area contributed by atoms with Crippen LogP contribution in [0.2, 0.25) is 0 Å². The maximum atomic E-state index is 5.63. The number of nitrogens with one attached hydrogen (secondary N) is 2. The molecule has 2 N–H and O–H groups in total. The van der Waals surface area contributed by atoms with Gasteiger partial charge < -0.3 is 15.4 Å². The molecule has 106 valence electrons. The van der Waals surface area contributed by atoms with E-state index in [-0.39, 0.29) is 0 Å². The summed E-state index contributed by atoms with van der Waals surface area (Å²) < 4.78 is 6.81. The van der Waals surface area contributed by atoms with Crippen LogP contribution in [0.1, 0.15) is 29.5 Å². The van der Waals surface area contributed by atoms with Crippen LogP contribution in [0, 0.1) is 20.8 Å². The molecule has 0 radical (unpaired) electrons. The van der Waals surface area contributed by atoms with E-state index >= 15 is 0 Å². The van der Waals surface area contributed by atoms with Gasteiger partial charge in [0, 0.05) is 17.1 Å². The molecule has 1 unspecified atom stereocenters. The summed E-state index contributed by atoms with van der Waals surface area (Å²) in [6, 6.07) is 0.482. The number of anilines is 1. The minimum atomic E-state index is 0.482. The monoisotopic (exact) mass is 326 g/mol. The number of rotatable bonds is 3. The summed E-state index contributed by atoms with van der Waals surface area (Å²) in [7, 11) is 1.75. The van der Waals surface area contributed by atoms with E-state index in [0.29, 0.717) is 6.04 Å². The van der Waals surface area contributed by atoms with Crippen LogP contribution in [-0.2, 0) is 0 Å². The molecule has 0 saturated carbocycles. The fourth-order valence-electron chi connectivity index (χ4n) is 2.69. The normalized spacial score (nSPS) is 19.3. The number of halogens is 1. The smallest absolute Gasteiger partial charge is 0.145 e. The van der Waals surface area contributed by atoms with Gasteiger partial charge in [-0.15, -0.1) is 0 Å². The van der Waals surface area contributed by atoms with Gasteiger partial charge in [-0.3, -0.25) is 0 Å². The van der Waals surface area contributed by atoms with Crippen molar-refractivity contribution in [2.75, 3.05) is 25.5 Å². The highest BCUT2D eigenvalue weighted by Gasteiger charge is 2.20. The van der Waals surface area contributed by atoms with Crippen molar-refractivity contribution in [2.24, 2.45) is 0 Å². The Balaban J connectivity index is 2.37. The zero-order valence-electron chi connectivity index (χ0n) is 12.2. The average Bonchev–Trinajstić information content (AvgIpc) is 2.44. The number of methoxy groups -OCH3 is 1. The van der Waals surface area contributed by atoms with E-state index in [1.165, 1.54) is 34.0 Å². The standard InChI is InChI=1S/C15H23BrN2O/c1-9-10(2)15(19-4)14(11(3)13(9)16)18-12-6-5-7-17-8-12/h12,17-18H,5-8H2,1-4H3. The lowest BCUT2D eigenvalue weighted by molar-refractivity contribution is 0.410. The summed E-state index contributed by atoms with van der Waals surface area (Å²) >= 11 is 3.70. The maximum absolute atomic E-state index is 5.63. The molecule has 0 amide bonds. The third kappa shape index (κ3) is 2.90. The van der Waals surface area contributed by atoms with Crippen molar-refractivity contribution in [1.82, 2.24) is 5.32 Å². The molecule has 1 aliphatic heterocycles. The summed E-state index contributed by atoms with van der Waals surface area (Å²) in [5.41, 5.74) is 4.81. The highest BCUT2D eigenvalue weighted by Crippen LogP contribution is 2.40. The topological polar surface area (TPSA) is 33.3 Å². The molecule has 0 spiro atoms. The Morgan fingerprint density at radius 3 is 2.53 bits per heavy atom. The Labute approximate surface area is 124 Å². The third-order valence-electron chi connectivity index (χ3n) is 4.01. The van der Waals surface area contributed by atoms with E-state index in [1.807, 2.05) is 0 Å². The van der Waals surface area contributed by atoms with Gasteiger partial charge in [-0.1, -0.05) is 15.9 Å². The molecule has 3 nitrogen and oxygen atoms in total. The van der Waals surface area contributed by atoms with E-state index in [4.69, 9.17) is 4.74 Å². The first kappa shape index (κ1) is 14.7. The SMILES string of the molecule is COc1c(C)c(C)c(Br)c(C)c1NC1CCCNC1. The summed E-state index contributed by atoms with van der Waals surface area (Å²) in [5.74, 6) is 0.976. The maximum Gasteiger partial charge on any atom is 0.145 e. The van der Waals surface area contributed by atoms with Crippen LogP contribution in [0.4, 0.5) is 5.69 Å². The average molecular weight is 327 g/mol. The predicted octanol–water partition coefficient (Wildman–Crippen LogP) is 3.55. The zero-order valence-corrected chi connectivity index (χ0v) is 13.8. The van der Waals surface area contributed by atoms with Gasteiger partial charge >= 0.3 is 0 Å². The van der Waals surface area contributed by atoms with Crippen LogP contribution in [0.15, 0.2) is 4.47 Å². The zero-order chi connectivity index (χ0) is 14.0. The highest BCUT2D eigenvalue weighted by molar-refractivity contribution is 9.10. The first-order chi connectivity index (χ1) is 9.06. The third-order valence-corrected chi connectivity index (χ3v) is 5.20. The van der Waals surface area contributed by atoms with Crippen molar-refractivity contribution in [1.29, 1.82) is 0 Å². The van der Waals surface area contributed by atoms with Crippen LogP contribution >= 0.6 is 15.9 Å². The molecule has 0 bridgehead atoms. The van der Waals surface area contributed by atoms with Crippen molar-refractivity contribution in [3.05, 3.63) is 21.2 Å². The molecular formula is C15H23BrN2O. The minimum Gasteiger partial charge on any atom is -0.494 e. The molecule has 0 aromatic heterocycles. The highest BCUT2D eigenvalue weighted by atomic mass is 79.9. The quantitative estimate of drug-likeness (QED) is 0.891. The number of hydrogen-bond donors (Lipinski definition) is 2. The van der Waals surface area contributed by atoms with Crippen molar-refractivity contribution in [3.63, 3.8) is 0 Å². The van der Waals surface area contributed by atoms with Crippen LogP contribution in [-0.4, -0.2) is 26.2 Å². The van der Waals surface area contributed by atoms with Gasteiger partial charge in [-0.2, -0.15) is 0 Å². The first-order valence-corrected chi connectivity index (χ1v) is 7.66. The van der Waals surface area contributed by atoms with Gasteiger partial charge in [-0.25, -0.2) is 0 Å². The molecule has 1 fully saturated rings. The molecule has 1 aromatic carbocycles. The summed E-state index contributed by atoms with van der Waals surface area (Å²) in [5, 5.41) is 7.10. The second kappa shape index (κ2) is 6.14. The Bertz CT molecular complexity index is 468. The summed E-state index contributed by atoms with van der Waals surface area (Å²) in [6.07, 6.45) is 2.44. The number of ether oxygens (including phenoxy) is 1. The fraction of sp³-hybridized carbons (Fsp3) is 0.600. The van der Waals surface area contributed by atoms with Gasteiger partial charge in [0.2, 0.25) is 0 Å². The van der Waals surface area contributed by atoms with Crippen molar-refractivity contribution >= 4 is 21.6 Å². The Morgan fingerprint density at radius 2 is 1.95 bits per heavy atom. The van der Waals surface area contributed by atoms with E-state index in [0.717, 1.165) is 24.5 Å². The second-order valence-corrected chi connectivity index (χ2v) is 6.08. The molecule has 2 rings (SSSR count). The number of hydrogen-bond acceptors (Lipinski definition) is 3. The minimum absolute atomic E-state index is 0.482. The van der Waals surface area contributed by atoms with Gasteiger partial charge in [0.05, 0.1) is 12.8 Å². The molecule has 1 atom stereocenters. The van der Waals surface area contributed by atoms with Gasteiger partial charge in [0.15, 0.2) is 0 Å². The fourth-order valence-corrected chi connectivity index (χ4v) is 3.19. The summed E-state index contributed by atoms with van der Waals surface area (Å²) in [6.45, 7) is 8.53. The summed E-state index contributed by atoms with van der Waals surface area (Å²) in [4.78, 5) is 0. The molecule has 1 heterocycles. The van der Waals surface area contributed by atoms with Crippen molar-refractivity contribution in [3.8, 4) is 5.75 Å². The number of piperidine rings is 1. The molecular weight excluding hydrogens is 304 g/mol.